The summed E-state index contributed by atoms with van der Waals surface area (Å²) in [4.78, 5) is 21.4. The molecule has 3 N–H and O–H groups in total. The molecule has 1 aromatic heterocycles. The lowest BCUT2D eigenvalue weighted by atomic mass is 10.1. The van der Waals surface area contributed by atoms with Gasteiger partial charge in [0.2, 0.25) is 0 Å². The molecular formula is C12H7ClO5S. The summed E-state index contributed by atoms with van der Waals surface area (Å²) in [6.45, 7) is 0. The molecule has 0 bridgehead atoms. The number of carboxylic acid groups (broad SMARTS) is 2. The predicted octanol–water partition coefficient (Wildman–Crippen LogP) is 3.17. The highest BCUT2D eigenvalue weighted by Gasteiger charge is 2.26. The fraction of sp³-hybridized carbons (Fsp3) is 0. The van der Waals surface area contributed by atoms with E-state index >= 15 is 0 Å². The second-order valence-electron chi connectivity index (χ2n) is 3.60. The summed E-state index contributed by atoms with van der Waals surface area (Å²) in [5.41, 5.74) is 0.384. The van der Waals surface area contributed by atoms with E-state index < -0.39 is 22.6 Å². The van der Waals surface area contributed by atoms with E-state index in [1.165, 1.54) is 24.3 Å². The van der Waals surface area contributed by atoms with Gasteiger partial charge in [0.15, 0.2) is 4.88 Å². The molecule has 0 unspecified atom stereocenters. The van der Waals surface area contributed by atoms with Crippen LogP contribution in [0.3, 0.4) is 0 Å². The first-order valence-electron chi connectivity index (χ1n) is 5.00. The van der Waals surface area contributed by atoms with Crippen LogP contribution in [0.25, 0.3) is 11.1 Å². The van der Waals surface area contributed by atoms with Crippen molar-refractivity contribution in [2.24, 2.45) is 0 Å². The number of carboxylic acids is 2. The molecule has 0 radical (unpaired) electrons. The van der Waals surface area contributed by atoms with Gasteiger partial charge in [0, 0.05) is 10.6 Å². The van der Waals surface area contributed by atoms with Gasteiger partial charge in [-0.1, -0.05) is 23.7 Å². The zero-order chi connectivity index (χ0) is 14.2. The van der Waals surface area contributed by atoms with Gasteiger partial charge < -0.3 is 15.3 Å². The third kappa shape index (κ3) is 2.40. The van der Waals surface area contributed by atoms with Crippen molar-refractivity contribution in [2.75, 3.05) is 0 Å². The Bertz CT molecular complexity index is 660. The molecule has 0 saturated carbocycles. The summed E-state index contributed by atoms with van der Waals surface area (Å²) in [6, 6.07) is 6.09. The van der Waals surface area contributed by atoms with Crippen molar-refractivity contribution < 1.29 is 24.9 Å². The quantitative estimate of drug-likeness (QED) is 0.809. The van der Waals surface area contributed by atoms with Gasteiger partial charge >= 0.3 is 11.9 Å². The van der Waals surface area contributed by atoms with Gasteiger partial charge in [-0.05, 0) is 17.7 Å². The molecule has 2 rings (SSSR count). The Balaban J connectivity index is 2.70. The normalized spacial score (nSPS) is 10.4. The fourth-order valence-corrected chi connectivity index (χ4v) is 2.62. The molecule has 98 valence electrons. The van der Waals surface area contributed by atoms with E-state index in [-0.39, 0.29) is 10.4 Å². The highest BCUT2D eigenvalue weighted by atomic mass is 35.5. The molecule has 0 spiro atoms. The first-order valence-corrected chi connectivity index (χ1v) is 6.19. The van der Waals surface area contributed by atoms with E-state index in [1.807, 2.05) is 0 Å². The van der Waals surface area contributed by atoms with Crippen LogP contribution >= 0.6 is 22.9 Å². The predicted molar refractivity (Wildman–Crippen MR) is 70.3 cm³/mol. The topological polar surface area (TPSA) is 94.8 Å². The molecule has 1 heterocycles. The third-order valence-corrected chi connectivity index (χ3v) is 3.81. The SMILES string of the molecule is O=C(O)c1sc(C(=O)O)c(-c2ccc(Cl)cc2)c1O. The van der Waals surface area contributed by atoms with Gasteiger partial charge in [-0.3, -0.25) is 0 Å². The fourth-order valence-electron chi connectivity index (χ4n) is 1.60. The minimum absolute atomic E-state index is 0.00781. The Labute approximate surface area is 116 Å². The molecule has 0 fully saturated rings. The largest absolute Gasteiger partial charge is 0.505 e. The standard InChI is InChI=1S/C12H7ClO5S/c13-6-3-1-5(2-4-6)7-8(14)10(12(17)18)19-9(7)11(15)16/h1-4,14H,(H,15,16)(H,17,18). The first kappa shape index (κ1) is 13.4. The van der Waals surface area contributed by atoms with Crippen LogP contribution in [0.1, 0.15) is 19.3 Å². The Hall–Kier alpha value is -2.05. The molecule has 0 amide bonds. The van der Waals surface area contributed by atoms with Crippen LogP contribution in [0.5, 0.6) is 5.75 Å². The van der Waals surface area contributed by atoms with Crippen molar-refractivity contribution in [1.82, 2.24) is 0 Å². The lowest BCUT2D eigenvalue weighted by molar-refractivity contribution is 0.0691. The molecule has 2 aromatic rings. The Kier molecular flexibility index (Phi) is 3.46. The monoisotopic (exact) mass is 298 g/mol. The maximum Gasteiger partial charge on any atom is 0.349 e. The molecule has 0 aliphatic rings. The molecule has 0 aliphatic carbocycles. The van der Waals surface area contributed by atoms with Crippen LogP contribution < -0.4 is 0 Å². The second kappa shape index (κ2) is 4.91. The van der Waals surface area contributed by atoms with E-state index in [0.29, 0.717) is 21.9 Å². The van der Waals surface area contributed by atoms with Crippen molar-refractivity contribution in [3.63, 3.8) is 0 Å². The lowest BCUT2D eigenvalue weighted by Gasteiger charge is -2.02. The summed E-state index contributed by atoms with van der Waals surface area (Å²) in [6.07, 6.45) is 0. The molecule has 7 heteroatoms. The van der Waals surface area contributed by atoms with Gasteiger partial charge in [-0.25, -0.2) is 9.59 Å². The maximum absolute atomic E-state index is 11.1. The van der Waals surface area contributed by atoms with Crippen molar-refractivity contribution in [2.45, 2.75) is 0 Å². The van der Waals surface area contributed by atoms with Crippen molar-refractivity contribution in [3.8, 4) is 16.9 Å². The number of aromatic hydroxyl groups is 1. The highest BCUT2D eigenvalue weighted by Crippen LogP contribution is 2.42. The van der Waals surface area contributed by atoms with Gasteiger partial charge in [0.25, 0.3) is 0 Å². The summed E-state index contributed by atoms with van der Waals surface area (Å²) >= 11 is 6.25. The van der Waals surface area contributed by atoms with Gasteiger partial charge in [0.1, 0.15) is 10.6 Å². The smallest absolute Gasteiger partial charge is 0.349 e. The Morgan fingerprint density at radius 2 is 1.53 bits per heavy atom. The van der Waals surface area contributed by atoms with E-state index in [4.69, 9.17) is 21.8 Å². The van der Waals surface area contributed by atoms with E-state index in [2.05, 4.69) is 0 Å². The summed E-state index contributed by atoms with van der Waals surface area (Å²) in [5.74, 6) is -3.21. The van der Waals surface area contributed by atoms with Gasteiger partial charge in [0.05, 0.1) is 0 Å². The van der Waals surface area contributed by atoms with Crippen LogP contribution in [-0.4, -0.2) is 27.3 Å². The maximum atomic E-state index is 11.1. The van der Waals surface area contributed by atoms with Gasteiger partial charge in [-0.2, -0.15) is 0 Å². The van der Waals surface area contributed by atoms with E-state index in [9.17, 15) is 14.7 Å². The van der Waals surface area contributed by atoms with Crippen LogP contribution in [0.2, 0.25) is 5.02 Å². The van der Waals surface area contributed by atoms with Crippen LogP contribution in [0.15, 0.2) is 24.3 Å². The number of halogens is 1. The number of rotatable bonds is 3. The number of thiophene rings is 1. The minimum atomic E-state index is -1.37. The average Bonchev–Trinajstić information content (AvgIpc) is 2.68. The molecule has 0 atom stereocenters. The van der Waals surface area contributed by atoms with Gasteiger partial charge in [-0.15, -0.1) is 11.3 Å². The zero-order valence-electron chi connectivity index (χ0n) is 9.25. The zero-order valence-corrected chi connectivity index (χ0v) is 10.8. The average molecular weight is 299 g/mol. The summed E-state index contributed by atoms with van der Waals surface area (Å²) in [5, 5.41) is 28.3. The molecule has 0 aliphatic heterocycles. The number of hydrogen-bond donors (Lipinski definition) is 3. The summed E-state index contributed by atoms with van der Waals surface area (Å²) in [7, 11) is 0. The van der Waals surface area contributed by atoms with Crippen LogP contribution in [-0.2, 0) is 0 Å². The number of carbonyl (C=O) groups is 2. The minimum Gasteiger partial charge on any atom is -0.505 e. The Morgan fingerprint density at radius 3 is 2.00 bits per heavy atom. The Morgan fingerprint density at radius 1 is 1.00 bits per heavy atom. The number of aromatic carboxylic acids is 2. The summed E-state index contributed by atoms with van der Waals surface area (Å²) < 4.78 is 0. The van der Waals surface area contributed by atoms with Crippen LogP contribution in [0, 0.1) is 0 Å². The van der Waals surface area contributed by atoms with E-state index in [1.54, 1.807) is 0 Å². The molecule has 1 aromatic carbocycles. The number of hydrogen-bond acceptors (Lipinski definition) is 4. The third-order valence-electron chi connectivity index (χ3n) is 2.40. The molecule has 5 nitrogen and oxygen atoms in total. The van der Waals surface area contributed by atoms with Crippen molar-refractivity contribution in [3.05, 3.63) is 39.0 Å². The van der Waals surface area contributed by atoms with Crippen molar-refractivity contribution >= 4 is 34.9 Å². The van der Waals surface area contributed by atoms with Crippen molar-refractivity contribution in [1.29, 1.82) is 0 Å². The lowest BCUT2D eigenvalue weighted by Crippen LogP contribution is -1.94. The second-order valence-corrected chi connectivity index (χ2v) is 5.06. The molecule has 19 heavy (non-hydrogen) atoms. The molecular weight excluding hydrogens is 292 g/mol. The highest BCUT2D eigenvalue weighted by molar-refractivity contribution is 7.16. The number of benzene rings is 1. The van der Waals surface area contributed by atoms with Crippen LogP contribution in [0.4, 0.5) is 0 Å². The first-order chi connectivity index (χ1) is 8.91. The van der Waals surface area contributed by atoms with E-state index in [0.717, 1.165) is 0 Å². The molecule has 0 saturated heterocycles.